The monoisotopic (exact) mass is 268 g/mol. The predicted molar refractivity (Wildman–Crippen MR) is 79.8 cm³/mol. The Bertz CT molecular complexity index is 575. The molecule has 0 bridgehead atoms. The van der Waals surface area contributed by atoms with Crippen LogP contribution in [0.1, 0.15) is 30.4 Å². The molecule has 0 radical (unpaired) electrons. The van der Waals surface area contributed by atoms with E-state index in [9.17, 15) is 5.11 Å². The number of hydrogen-bond donors (Lipinski definition) is 1. The minimum atomic E-state index is -0.952. The fourth-order valence-corrected chi connectivity index (χ4v) is 3.09. The van der Waals surface area contributed by atoms with Gasteiger partial charge in [0.05, 0.1) is 7.11 Å². The standard InChI is InChI=1S/C18H20O2/c1-20-17-13-6-5-12-16(17)18(19,15-10-7-11-15)14-8-3-2-4-9-14/h2-6,8-9,12-13,15,19H,7,10-11H2,1H3. The summed E-state index contributed by atoms with van der Waals surface area (Å²) in [5, 5.41) is 11.5. The zero-order chi connectivity index (χ0) is 14.0. The smallest absolute Gasteiger partial charge is 0.125 e. The number of hydrogen-bond acceptors (Lipinski definition) is 2. The van der Waals surface area contributed by atoms with Gasteiger partial charge in [0, 0.05) is 5.56 Å². The SMILES string of the molecule is COc1ccccc1C(O)(c1ccccc1)C1CCC1. The van der Waals surface area contributed by atoms with Crippen molar-refractivity contribution in [3.05, 3.63) is 65.7 Å². The van der Waals surface area contributed by atoms with Crippen molar-refractivity contribution in [2.24, 2.45) is 5.92 Å². The molecule has 0 amide bonds. The molecule has 0 saturated heterocycles. The first-order valence-corrected chi connectivity index (χ1v) is 7.18. The minimum Gasteiger partial charge on any atom is -0.496 e. The molecular weight excluding hydrogens is 248 g/mol. The molecule has 2 nitrogen and oxygen atoms in total. The largest absolute Gasteiger partial charge is 0.496 e. The van der Waals surface area contributed by atoms with Crippen LogP contribution in [-0.4, -0.2) is 12.2 Å². The Kier molecular flexibility index (Phi) is 3.49. The summed E-state index contributed by atoms with van der Waals surface area (Å²) in [6.45, 7) is 0. The number of benzene rings is 2. The average Bonchev–Trinajstić information content (AvgIpc) is 2.46. The van der Waals surface area contributed by atoms with Crippen molar-refractivity contribution in [3.63, 3.8) is 0 Å². The number of rotatable bonds is 4. The van der Waals surface area contributed by atoms with Gasteiger partial charge in [0.15, 0.2) is 0 Å². The van der Waals surface area contributed by atoms with Gasteiger partial charge in [-0.1, -0.05) is 55.0 Å². The second kappa shape index (κ2) is 5.29. The maximum absolute atomic E-state index is 11.5. The lowest BCUT2D eigenvalue weighted by Crippen LogP contribution is -2.40. The first-order chi connectivity index (χ1) is 9.76. The van der Waals surface area contributed by atoms with Crippen molar-refractivity contribution in [1.82, 2.24) is 0 Å². The molecule has 20 heavy (non-hydrogen) atoms. The third-order valence-corrected chi connectivity index (χ3v) is 4.43. The molecule has 1 aliphatic carbocycles. The highest BCUT2D eigenvalue weighted by Gasteiger charge is 2.44. The Hall–Kier alpha value is -1.80. The van der Waals surface area contributed by atoms with Crippen LogP contribution in [0, 0.1) is 5.92 Å². The van der Waals surface area contributed by atoms with Crippen LogP contribution in [-0.2, 0) is 5.60 Å². The predicted octanol–water partition coefficient (Wildman–Crippen LogP) is 3.73. The fourth-order valence-electron chi connectivity index (χ4n) is 3.09. The highest BCUT2D eigenvalue weighted by molar-refractivity contribution is 5.45. The molecule has 0 spiro atoms. The van der Waals surface area contributed by atoms with E-state index < -0.39 is 5.60 Å². The number of ether oxygens (including phenoxy) is 1. The molecule has 1 atom stereocenters. The van der Waals surface area contributed by atoms with E-state index in [0.717, 1.165) is 29.7 Å². The topological polar surface area (TPSA) is 29.5 Å². The number of para-hydroxylation sites is 1. The van der Waals surface area contributed by atoms with E-state index in [4.69, 9.17) is 4.74 Å². The van der Waals surface area contributed by atoms with Gasteiger partial charge in [-0.15, -0.1) is 0 Å². The van der Waals surface area contributed by atoms with Gasteiger partial charge in [0.2, 0.25) is 0 Å². The van der Waals surface area contributed by atoms with Gasteiger partial charge in [-0.3, -0.25) is 0 Å². The average molecular weight is 268 g/mol. The highest BCUT2D eigenvalue weighted by Crippen LogP contribution is 2.48. The van der Waals surface area contributed by atoms with E-state index in [2.05, 4.69) is 0 Å². The van der Waals surface area contributed by atoms with Crippen LogP contribution >= 0.6 is 0 Å². The molecule has 2 heteroatoms. The third kappa shape index (κ3) is 2.01. The molecule has 1 unspecified atom stereocenters. The van der Waals surface area contributed by atoms with E-state index in [1.54, 1.807) is 7.11 Å². The normalized spacial score (nSPS) is 18.1. The van der Waals surface area contributed by atoms with Gasteiger partial charge in [0.25, 0.3) is 0 Å². The summed E-state index contributed by atoms with van der Waals surface area (Å²) in [6.07, 6.45) is 3.31. The van der Waals surface area contributed by atoms with E-state index >= 15 is 0 Å². The minimum absolute atomic E-state index is 0.265. The summed E-state index contributed by atoms with van der Waals surface area (Å²) < 4.78 is 5.47. The molecule has 1 aliphatic rings. The first kappa shape index (κ1) is 13.2. The van der Waals surface area contributed by atoms with Gasteiger partial charge in [-0.05, 0) is 30.4 Å². The van der Waals surface area contributed by atoms with E-state index in [1.165, 1.54) is 6.42 Å². The van der Waals surface area contributed by atoms with Crippen molar-refractivity contribution in [1.29, 1.82) is 0 Å². The Morgan fingerprint density at radius 2 is 1.65 bits per heavy atom. The zero-order valence-corrected chi connectivity index (χ0v) is 11.8. The maximum atomic E-state index is 11.5. The second-order valence-electron chi connectivity index (χ2n) is 5.46. The molecule has 104 valence electrons. The molecular formula is C18H20O2. The lowest BCUT2D eigenvalue weighted by Gasteiger charge is -2.42. The van der Waals surface area contributed by atoms with Gasteiger partial charge >= 0.3 is 0 Å². The summed E-state index contributed by atoms with van der Waals surface area (Å²) in [4.78, 5) is 0. The van der Waals surface area contributed by atoms with E-state index in [1.807, 2.05) is 54.6 Å². The third-order valence-electron chi connectivity index (χ3n) is 4.43. The highest BCUT2D eigenvalue weighted by atomic mass is 16.5. The molecule has 1 saturated carbocycles. The Morgan fingerprint density at radius 1 is 1.00 bits per heavy atom. The molecule has 0 aromatic heterocycles. The van der Waals surface area contributed by atoms with Gasteiger partial charge in [-0.2, -0.15) is 0 Å². The Balaban J connectivity index is 2.15. The molecule has 3 rings (SSSR count). The summed E-state index contributed by atoms with van der Waals surface area (Å²) in [6, 6.07) is 17.7. The second-order valence-corrected chi connectivity index (χ2v) is 5.46. The Morgan fingerprint density at radius 3 is 2.25 bits per heavy atom. The quantitative estimate of drug-likeness (QED) is 0.915. The Labute approximate surface area is 120 Å². The van der Waals surface area contributed by atoms with E-state index in [0.29, 0.717) is 0 Å². The lowest BCUT2D eigenvalue weighted by atomic mass is 9.66. The van der Waals surface area contributed by atoms with Crippen LogP contribution in [0.2, 0.25) is 0 Å². The molecule has 1 fully saturated rings. The zero-order valence-electron chi connectivity index (χ0n) is 11.8. The van der Waals surface area contributed by atoms with E-state index in [-0.39, 0.29) is 5.92 Å². The van der Waals surface area contributed by atoms with Crippen molar-refractivity contribution in [2.75, 3.05) is 7.11 Å². The molecule has 0 heterocycles. The summed E-state index contributed by atoms with van der Waals surface area (Å²) >= 11 is 0. The summed E-state index contributed by atoms with van der Waals surface area (Å²) in [5.41, 5.74) is 0.874. The van der Waals surface area contributed by atoms with Crippen LogP contribution in [0.4, 0.5) is 0 Å². The van der Waals surface area contributed by atoms with Gasteiger partial charge in [-0.25, -0.2) is 0 Å². The molecule has 2 aromatic rings. The number of methoxy groups -OCH3 is 1. The van der Waals surface area contributed by atoms with Gasteiger partial charge < -0.3 is 9.84 Å². The summed E-state index contributed by atoms with van der Waals surface area (Å²) in [5.74, 6) is 1.02. The van der Waals surface area contributed by atoms with Crippen LogP contribution in [0.5, 0.6) is 5.75 Å². The molecule has 2 aromatic carbocycles. The fraction of sp³-hybridized carbons (Fsp3) is 0.333. The van der Waals surface area contributed by atoms with Crippen molar-refractivity contribution in [2.45, 2.75) is 24.9 Å². The summed E-state index contributed by atoms with van der Waals surface area (Å²) in [7, 11) is 1.66. The van der Waals surface area contributed by atoms with Crippen molar-refractivity contribution >= 4 is 0 Å². The van der Waals surface area contributed by atoms with Crippen molar-refractivity contribution < 1.29 is 9.84 Å². The lowest BCUT2D eigenvalue weighted by molar-refractivity contribution is -0.0216. The van der Waals surface area contributed by atoms with Gasteiger partial charge in [0.1, 0.15) is 11.4 Å². The maximum Gasteiger partial charge on any atom is 0.125 e. The van der Waals surface area contributed by atoms with Crippen LogP contribution in [0.3, 0.4) is 0 Å². The van der Waals surface area contributed by atoms with Crippen LogP contribution in [0.15, 0.2) is 54.6 Å². The number of aliphatic hydroxyl groups is 1. The van der Waals surface area contributed by atoms with Crippen molar-refractivity contribution in [3.8, 4) is 5.75 Å². The molecule has 0 aliphatic heterocycles. The van der Waals surface area contributed by atoms with Crippen LogP contribution < -0.4 is 4.74 Å². The first-order valence-electron chi connectivity index (χ1n) is 7.18. The van der Waals surface area contributed by atoms with Crippen LogP contribution in [0.25, 0.3) is 0 Å². The molecule has 1 N–H and O–H groups in total.